The smallest absolute Gasteiger partial charge is 0.326 e. The first-order chi connectivity index (χ1) is 32.3. The Morgan fingerprint density at radius 1 is 0.551 bits per heavy atom. The van der Waals surface area contributed by atoms with E-state index in [0.29, 0.717) is 23.7 Å². The van der Waals surface area contributed by atoms with Gasteiger partial charge in [-0.2, -0.15) is 47.9 Å². The van der Waals surface area contributed by atoms with E-state index >= 15 is 0 Å². The summed E-state index contributed by atoms with van der Waals surface area (Å²) in [5.41, 5.74) is 17.0. The molecule has 0 heterocycles. The predicted octanol–water partition coefficient (Wildman–Crippen LogP) is -2.38. The minimum absolute atomic E-state index is 0.0306. The highest BCUT2D eigenvalue weighted by Crippen LogP contribution is 2.11. The number of nitrogens with two attached hydrogens (primary N) is 3. The standard InChI is InChI=1S/C42H78N12O11S4/c1-21(2)19-29(51-38(61)30(20-66)52-34(57)25(43)12-16-67-7)37(60)48-26(11-10-15-46-42(44)45)35(58)49-27(13-17-68-8)36(59)54-32(24(6)55)40(63)47-23(5)33(56)53-31(22(3)4)39(62)50-28(41(64)65)14-18-69-9/h21-32,55,66H,10-20,43H2,1-9H3,(H,47,63)(H,48,60)(H,49,58)(H,50,62)(H,51,61)(H,52,57)(H,53,56)(H,54,59)(H,64,65)(H4,44,45,46)/t23-,24+,25-,26-,27-,28-,29-,30-,31-,32-/m0/s1. The van der Waals surface area contributed by atoms with Gasteiger partial charge in [0.05, 0.1) is 12.1 Å². The van der Waals surface area contributed by atoms with Crippen LogP contribution in [0.3, 0.4) is 0 Å². The maximum Gasteiger partial charge on any atom is 0.326 e. The number of carbonyl (C=O) groups is 9. The summed E-state index contributed by atoms with van der Waals surface area (Å²) in [6.07, 6.45) is 4.73. The first kappa shape index (κ1) is 64.8. The van der Waals surface area contributed by atoms with E-state index in [2.05, 4.69) is 60.2 Å². The van der Waals surface area contributed by atoms with Gasteiger partial charge in [0.15, 0.2) is 5.96 Å². The Morgan fingerprint density at radius 3 is 1.48 bits per heavy atom. The van der Waals surface area contributed by atoms with Crippen LogP contribution >= 0.6 is 47.9 Å². The molecule has 396 valence electrons. The molecule has 8 amide bonds. The number of carboxylic acids is 1. The number of aliphatic hydroxyl groups is 1. The molecule has 69 heavy (non-hydrogen) atoms. The topological polar surface area (TPSA) is 381 Å². The fourth-order valence-electron chi connectivity index (χ4n) is 6.24. The fourth-order valence-corrected chi connectivity index (χ4v) is 7.93. The summed E-state index contributed by atoms with van der Waals surface area (Å²) in [6.45, 7) is 9.52. The number of hydrogen-bond acceptors (Lipinski definition) is 16. The molecule has 27 heteroatoms. The van der Waals surface area contributed by atoms with Gasteiger partial charge in [0.1, 0.15) is 48.3 Å². The maximum atomic E-state index is 14.1. The van der Waals surface area contributed by atoms with Gasteiger partial charge in [-0.3, -0.25) is 43.3 Å². The van der Waals surface area contributed by atoms with Crippen molar-refractivity contribution in [2.45, 2.75) is 141 Å². The number of rotatable bonds is 35. The predicted molar refractivity (Wildman–Crippen MR) is 275 cm³/mol. The number of guanidine groups is 1. The molecular formula is C42H78N12O11S4. The number of aliphatic hydroxyl groups excluding tert-OH is 1. The summed E-state index contributed by atoms with van der Waals surface area (Å²) in [4.78, 5) is 124. The van der Waals surface area contributed by atoms with E-state index in [9.17, 15) is 53.4 Å². The van der Waals surface area contributed by atoms with Gasteiger partial charge in [-0.25, -0.2) is 4.79 Å². The maximum absolute atomic E-state index is 14.1. The number of aliphatic imine (C=N–C) groups is 1. The van der Waals surface area contributed by atoms with Gasteiger partial charge < -0.3 is 69.9 Å². The number of carbonyl (C=O) groups excluding carboxylic acids is 8. The van der Waals surface area contributed by atoms with Crippen molar-refractivity contribution in [2.24, 2.45) is 34.0 Å². The van der Waals surface area contributed by atoms with Gasteiger partial charge in [-0.15, -0.1) is 0 Å². The van der Waals surface area contributed by atoms with E-state index in [1.54, 1.807) is 26.4 Å². The largest absolute Gasteiger partial charge is 0.480 e. The number of nitrogens with zero attached hydrogens (tertiary/aromatic N) is 1. The van der Waals surface area contributed by atoms with E-state index in [4.69, 9.17) is 17.2 Å². The number of thiol groups is 1. The minimum Gasteiger partial charge on any atom is -0.480 e. The van der Waals surface area contributed by atoms with Crippen molar-refractivity contribution in [3.63, 3.8) is 0 Å². The number of carboxylic acid groups (broad SMARTS) is 1. The highest BCUT2D eigenvalue weighted by atomic mass is 32.2. The summed E-state index contributed by atoms with van der Waals surface area (Å²) in [5, 5.41) is 40.7. The normalized spacial score (nSPS) is 15.6. The molecule has 23 nitrogen and oxygen atoms in total. The zero-order chi connectivity index (χ0) is 53.0. The van der Waals surface area contributed by atoms with Crippen molar-refractivity contribution in [3.05, 3.63) is 0 Å². The Morgan fingerprint density at radius 2 is 0.986 bits per heavy atom. The Hall–Kier alpha value is -4.18. The molecule has 10 atom stereocenters. The van der Waals surface area contributed by atoms with Crippen molar-refractivity contribution >= 4 is 107 Å². The molecule has 0 aromatic heterocycles. The van der Waals surface area contributed by atoms with Crippen molar-refractivity contribution in [3.8, 4) is 0 Å². The summed E-state index contributed by atoms with van der Waals surface area (Å²) in [5.74, 6) is -6.99. The molecule has 16 N–H and O–H groups in total. The fraction of sp³-hybridized carbons (Fsp3) is 0.762. The van der Waals surface area contributed by atoms with Crippen LogP contribution in [0.2, 0.25) is 0 Å². The highest BCUT2D eigenvalue weighted by Gasteiger charge is 2.36. The van der Waals surface area contributed by atoms with Crippen molar-refractivity contribution in [2.75, 3.05) is 48.3 Å². The van der Waals surface area contributed by atoms with Crippen molar-refractivity contribution in [1.29, 1.82) is 0 Å². The number of amides is 8. The molecule has 0 aliphatic carbocycles. The summed E-state index contributed by atoms with van der Waals surface area (Å²) in [6, 6.07) is -11.2. The third kappa shape index (κ3) is 26.0. The van der Waals surface area contributed by atoms with E-state index in [1.807, 2.05) is 20.1 Å². The highest BCUT2D eigenvalue weighted by molar-refractivity contribution is 7.99. The Labute approximate surface area is 424 Å². The minimum atomic E-state index is -1.65. The summed E-state index contributed by atoms with van der Waals surface area (Å²) >= 11 is 8.48. The summed E-state index contributed by atoms with van der Waals surface area (Å²) < 4.78 is 0. The van der Waals surface area contributed by atoms with Crippen LogP contribution in [0.25, 0.3) is 0 Å². The first-order valence-electron chi connectivity index (χ1n) is 22.6. The van der Waals surface area contributed by atoms with E-state index in [0.717, 1.165) is 0 Å². The quantitative estimate of drug-likeness (QED) is 0.0136. The van der Waals surface area contributed by atoms with Crippen LogP contribution in [0, 0.1) is 11.8 Å². The average molecular weight is 1060 g/mol. The molecule has 0 rings (SSSR count). The molecule has 0 radical (unpaired) electrons. The lowest BCUT2D eigenvalue weighted by molar-refractivity contribution is -0.142. The zero-order valence-electron chi connectivity index (χ0n) is 41.1. The van der Waals surface area contributed by atoms with Crippen molar-refractivity contribution in [1.82, 2.24) is 42.5 Å². The molecular weight excluding hydrogens is 977 g/mol. The molecule has 0 aromatic carbocycles. The number of hydrogen-bond donors (Lipinski definition) is 14. The number of thioether (sulfide) groups is 3. The Balaban J connectivity index is 6.37. The third-order valence-electron chi connectivity index (χ3n) is 10.2. The summed E-state index contributed by atoms with van der Waals surface area (Å²) in [7, 11) is 0. The second-order valence-electron chi connectivity index (χ2n) is 17.0. The van der Waals surface area contributed by atoms with E-state index < -0.39 is 120 Å². The van der Waals surface area contributed by atoms with Gasteiger partial charge in [-0.05, 0) is 100 Å². The van der Waals surface area contributed by atoms with Gasteiger partial charge >= 0.3 is 5.97 Å². The van der Waals surface area contributed by atoms with E-state index in [1.165, 1.54) is 49.1 Å². The molecule has 0 bridgehead atoms. The lowest BCUT2D eigenvalue weighted by atomic mass is 10.0. The molecule has 0 aliphatic heterocycles. The van der Waals surface area contributed by atoms with Crippen LogP contribution in [0.5, 0.6) is 0 Å². The van der Waals surface area contributed by atoms with Crippen LogP contribution in [0.1, 0.15) is 80.1 Å². The lowest BCUT2D eigenvalue weighted by Gasteiger charge is -2.29. The molecule has 0 aliphatic rings. The van der Waals surface area contributed by atoms with Crippen LogP contribution < -0.4 is 59.7 Å². The third-order valence-corrected chi connectivity index (χ3v) is 12.5. The zero-order valence-corrected chi connectivity index (χ0v) is 44.5. The lowest BCUT2D eigenvalue weighted by Crippen LogP contribution is -2.62. The monoisotopic (exact) mass is 1050 g/mol. The molecule has 0 aromatic rings. The van der Waals surface area contributed by atoms with Crippen LogP contribution in [0.15, 0.2) is 4.99 Å². The number of aliphatic carboxylic acids is 1. The Bertz CT molecular complexity index is 1710. The average Bonchev–Trinajstić information content (AvgIpc) is 3.27. The van der Waals surface area contributed by atoms with Crippen molar-refractivity contribution < 1.29 is 53.4 Å². The van der Waals surface area contributed by atoms with Gasteiger partial charge in [0, 0.05) is 12.3 Å². The van der Waals surface area contributed by atoms with Gasteiger partial charge in [0.25, 0.3) is 0 Å². The Kier molecular flexibility index (Phi) is 32.9. The van der Waals surface area contributed by atoms with E-state index in [-0.39, 0.29) is 56.3 Å². The van der Waals surface area contributed by atoms with Gasteiger partial charge in [-0.1, -0.05) is 27.7 Å². The molecule has 0 spiro atoms. The first-order valence-corrected chi connectivity index (χ1v) is 27.4. The van der Waals surface area contributed by atoms with Crippen LogP contribution in [-0.2, 0) is 43.2 Å². The van der Waals surface area contributed by atoms with Crippen LogP contribution in [0.4, 0.5) is 0 Å². The van der Waals surface area contributed by atoms with Gasteiger partial charge in [0.2, 0.25) is 47.3 Å². The van der Waals surface area contributed by atoms with Crippen LogP contribution in [-0.4, -0.2) is 178 Å². The second kappa shape index (κ2) is 35.0. The SMILES string of the molecule is CSCC[C@H](NC(=O)[C@@H](NC(=O)[C@H](C)NC(=O)[C@@H](NC(=O)[C@H](CCSC)NC(=O)[C@H](CCCN=C(N)N)NC(=O)[C@H](CC(C)C)NC(=O)[C@H](CS)NC(=O)[C@@H](N)CCSC)[C@@H](C)O)C(C)C)C(=O)O. The second-order valence-corrected chi connectivity index (χ2v) is 20.4. The number of nitrogens with one attached hydrogen (secondary N) is 8. The molecule has 0 saturated carbocycles. The molecule has 0 fully saturated rings. The molecule has 0 unspecified atom stereocenters. The molecule has 0 saturated heterocycles.